The van der Waals surface area contributed by atoms with E-state index in [2.05, 4.69) is 86.8 Å². The van der Waals surface area contributed by atoms with Gasteiger partial charge in [-0.05, 0) is 89.9 Å². The van der Waals surface area contributed by atoms with Crippen LogP contribution in [0.4, 0.5) is 0 Å². The fraction of sp³-hybridized carbons (Fsp3) is 0.763. The number of unbranched alkanes of at least 4 members (excludes halogenated alkanes) is 18. The molecule has 7 N–H and O–H groups in total. The number of aliphatic hydroxyl groups is 7. The molecule has 11 atom stereocenters. The van der Waals surface area contributed by atoms with Gasteiger partial charge in [0.15, 0.2) is 18.7 Å². The third-order valence-corrected chi connectivity index (χ3v) is 13.2. The van der Waals surface area contributed by atoms with Crippen molar-refractivity contribution in [3.63, 3.8) is 0 Å². The summed E-state index contributed by atoms with van der Waals surface area (Å²) in [6, 6.07) is 0. The van der Waals surface area contributed by atoms with Crippen molar-refractivity contribution in [1.82, 2.24) is 0 Å². The van der Waals surface area contributed by atoms with Crippen LogP contribution >= 0.6 is 0 Å². The molecule has 0 aromatic heterocycles. The quantitative estimate of drug-likeness (QED) is 0.0171. The van der Waals surface area contributed by atoms with E-state index in [1.165, 1.54) is 51.4 Å². The van der Waals surface area contributed by atoms with E-state index in [1.54, 1.807) is 0 Å². The first-order valence-corrected chi connectivity index (χ1v) is 28.5. The number of rotatable bonds is 44. The van der Waals surface area contributed by atoms with Gasteiger partial charge in [0, 0.05) is 12.8 Å². The maximum atomic E-state index is 13.1. The van der Waals surface area contributed by atoms with Crippen molar-refractivity contribution in [2.24, 2.45) is 0 Å². The molecule has 15 nitrogen and oxygen atoms in total. The lowest BCUT2D eigenvalue weighted by Gasteiger charge is -2.42. The van der Waals surface area contributed by atoms with Crippen LogP contribution in [0.25, 0.3) is 0 Å². The molecule has 11 unspecified atom stereocenters. The van der Waals surface area contributed by atoms with Crippen LogP contribution in [-0.4, -0.2) is 142 Å². The highest BCUT2D eigenvalue weighted by atomic mass is 16.7. The Labute approximate surface area is 444 Å². The van der Waals surface area contributed by atoms with Crippen molar-refractivity contribution in [2.45, 2.75) is 261 Å². The van der Waals surface area contributed by atoms with Crippen molar-refractivity contribution in [3.8, 4) is 0 Å². The zero-order valence-corrected chi connectivity index (χ0v) is 45.3. The van der Waals surface area contributed by atoms with Gasteiger partial charge in [-0.1, -0.05) is 164 Å². The number of aliphatic hydroxyl groups excluding tert-OH is 7. The number of hydrogen-bond acceptors (Lipinski definition) is 15. The molecule has 0 aromatic rings. The van der Waals surface area contributed by atoms with Crippen LogP contribution in [-0.2, 0) is 38.0 Å². The number of carbonyl (C=O) groups excluding carboxylic acids is 2. The minimum Gasteiger partial charge on any atom is -0.462 e. The van der Waals surface area contributed by atoms with Crippen LogP contribution < -0.4 is 0 Å². The average molecular weight is 1050 g/mol. The standard InChI is InChI=1S/C59H100O15/c1-3-5-7-9-11-13-15-17-19-21-23-25-27-29-31-33-35-37-39-41-50(61)69-44-47(72-51(62)42-40-38-36-34-32-30-28-26-24-22-20-18-16-14-12-10-8-6-4-2)45-70-58-57(68)55(66)53(64)49(74-58)46-71-59-56(67)54(65)52(63)48(43-60)73-59/h11-14,17-20,23-26,47-49,52-60,63-68H,3-10,15-16,21-22,27-46H2,1-2H3/b13-11-,14-12-,19-17-,20-18-,25-23-,26-24-. The Morgan fingerprint density at radius 3 is 1.27 bits per heavy atom. The van der Waals surface area contributed by atoms with Crippen LogP contribution in [0.2, 0.25) is 0 Å². The molecular formula is C59H100O15. The predicted molar refractivity (Wildman–Crippen MR) is 289 cm³/mol. The van der Waals surface area contributed by atoms with Gasteiger partial charge in [-0.2, -0.15) is 0 Å². The minimum absolute atomic E-state index is 0.144. The zero-order chi connectivity index (χ0) is 53.9. The molecule has 0 bridgehead atoms. The van der Waals surface area contributed by atoms with Gasteiger partial charge >= 0.3 is 11.9 Å². The van der Waals surface area contributed by atoms with Gasteiger partial charge in [0.1, 0.15) is 55.4 Å². The molecule has 2 heterocycles. The Balaban J connectivity index is 1.78. The number of allylic oxidation sites excluding steroid dienone is 12. The third-order valence-electron chi connectivity index (χ3n) is 13.2. The normalized spacial score (nSPS) is 25.2. The Morgan fingerprint density at radius 2 is 0.811 bits per heavy atom. The molecule has 74 heavy (non-hydrogen) atoms. The van der Waals surface area contributed by atoms with E-state index in [0.29, 0.717) is 12.8 Å². The number of esters is 2. The molecule has 2 aliphatic heterocycles. The highest BCUT2D eigenvalue weighted by Crippen LogP contribution is 2.26. The summed E-state index contributed by atoms with van der Waals surface area (Å²) in [7, 11) is 0. The topological polar surface area (TPSA) is 231 Å². The van der Waals surface area contributed by atoms with E-state index in [1.807, 2.05) is 0 Å². The summed E-state index contributed by atoms with van der Waals surface area (Å²) >= 11 is 0. The highest BCUT2D eigenvalue weighted by molar-refractivity contribution is 5.70. The molecule has 0 aliphatic carbocycles. The largest absolute Gasteiger partial charge is 0.462 e. The SMILES string of the molecule is CCCCC/C=C\C/C=C\C/C=C\CCCCCCCCC(=O)OCC(COC1OC(COC2OC(CO)C(O)C(O)C2O)C(O)C(O)C1O)OC(=O)CCCCCCCC/C=C\C/C=C\C/C=C\CCCCC. The minimum atomic E-state index is -1.77. The van der Waals surface area contributed by atoms with E-state index in [9.17, 15) is 45.3 Å². The average Bonchev–Trinajstić information content (AvgIpc) is 3.39. The van der Waals surface area contributed by atoms with E-state index >= 15 is 0 Å². The summed E-state index contributed by atoms with van der Waals surface area (Å²) in [4.78, 5) is 25.9. The van der Waals surface area contributed by atoms with Crippen LogP contribution in [0.15, 0.2) is 72.9 Å². The van der Waals surface area contributed by atoms with E-state index in [0.717, 1.165) is 103 Å². The van der Waals surface area contributed by atoms with Crippen LogP contribution in [0.3, 0.4) is 0 Å². The van der Waals surface area contributed by atoms with Crippen molar-refractivity contribution < 1.29 is 73.8 Å². The molecule has 15 heteroatoms. The fourth-order valence-electron chi connectivity index (χ4n) is 8.47. The first-order chi connectivity index (χ1) is 36.0. The highest BCUT2D eigenvalue weighted by Gasteiger charge is 2.47. The molecule has 2 rings (SSSR count). The molecule has 0 spiro atoms. The monoisotopic (exact) mass is 1050 g/mol. The van der Waals surface area contributed by atoms with Gasteiger partial charge < -0.3 is 64.2 Å². The zero-order valence-electron chi connectivity index (χ0n) is 45.3. The Hall–Kier alpha value is -3.06. The van der Waals surface area contributed by atoms with E-state index < -0.39 is 99.3 Å². The Morgan fingerprint density at radius 1 is 0.432 bits per heavy atom. The second-order valence-corrected chi connectivity index (χ2v) is 19.8. The number of carbonyl (C=O) groups is 2. The summed E-state index contributed by atoms with van der Waals surface area (Å²) in [5, 5.41) is 72.3. The summed E-state index contributed by atoms with van der Waals surface area (Å²) in [5.41, 5.74) is 0. The second-order valence-electron chi connectivity index (χ2n) is 19.8. The van der Waals surface area contributed by atoms with Crippen molar-refractivity contribution >= 4 is 11.9 Å². The van der Waals surface area contributed by atoms with Crippen LogP contribution in [0, 0.1) is 0 Å². The maximum absolute atomic E-state index is 13.1. The van der Waals surface area contributed by atoms with E-state index in [-0.39, 0.29) is 19.4 Å². The molecule has 2 aliphatic rings. The molecule has 0 radical (unpaired) electrons. The smallest absolute Gasteiger partial charge is 0.306 e. The summed E-state index contributed by atoms with van der Waals surface area (Å²) < 4.78 is 33.7. The first kappa shape index (κ1) is 67.1. The van der Waals surface area contributed by atoms with Crippen molar-refractivity contribution in [3.05, 3.63) is 72.9 Å². The van der Waals surface area contributed by atoms with Crippen molar-refractivity contribution in [2.75, 3.05) is 26.4 Å². The molecule has 426 valence electrons. The molecule has 0 aromatic carbocycles. The van der Waals surface area contributed by atoms with Crippen LogP contribution in [0.5, 0.6) is 0 Å². The van der Waals surface area contributed by atoms with Crippen LogP contribution in [0.1, 0.15) is 194 Å². The van der Waals surface area contributed by atoms with Gasteiger partial charge in [-0.25, -0.2) is 0 Å². The lowest BCUT2D eigenvalue weighted by Crippen LogP contribution is -2.61. The molecule has 2 saturated heterocycles. The predicted octanol–water partition coefficient (Wildman–Crippen LogP) is 9.38. The summed E-state index contributed by atoms with van der Waals surface area (Å²) in [6.45, 7) is 2.51. The van der Waals surface area contributed by atoms with Gasteiger partial charge in [0.25, 0.3) is 0 Å². The maximum Gasteiger partial charge on any atom is 0.306 e. The number of ether oxygens (including phenoxy) is 6. The summed E-state index contributed by atoms with van der Waals surface area (Å²) in [6.07, 6.45) is 37.6. The van der Waals surface area contributed by atoms with E-state index in [4.69, 9.17) is 28.4 Å². The molecule has 0 amide bonds. The molecule has 2 fully saturated rings. The van der Waals surface area contributed by atoms with Gasteiger partial charge in [0.05, 0.1) is 19.8 Å². The lowest BCUT2D eigenvalue weighted by atomic mass is 9.98. The second kappa shape index (κ2) is 45.0. The first-order valence-electron chi connectivity index (χ1n) is 28.5. The molecule has 0 saturated carbocycles. The Kier molecular flexibility index (Phi) is 40.8. The van der Waals surface area contributed by atoms with Gasteiger partial charge in [-0.3, -0.25) is 9.59 Å². The van der Waals surface area contributed by atoms with Gasteiger partial charge in [0.2, 0.25) is 0 Å². The molecular weight excluding hydrogens is 949 g/mol. The number of hydrogen-bond donors (Lipinski definition) is 7. The summed E-state index contributed by atoms with van der Waals surface area (Å²) in [5.74, 6) is -0.957. The fourth-order valence-corrected chi connectivity index (χ4v) is 8.47. The van der Waals surface area contributed by atoms with Crippen molar-refractivity contribution in [1.29, 1.82) is 0 Å². The Bertz CT molecular complexity index is 1560. The lowest BCUT2D eigenvalue weighted by molar-refractivity contribution is -0.332. The van der Waals surface area contributed by atoms with Gasteiger partial charge in [-0.15, -0.1) is 0 Å². The third kappa shape index (κ3) is 31.9.